The molecule has 0 aliphatic heterocycles. The third kappa shape index (κ3) is 4.91. The lowest BCUT2D eigenvalue weighted by atomic mass is 10.0. The number of ether oxygens (including phenoxy) is 2. The summed E-state index contributed by atoms with van der Waals surface area (Å²) < 4.78 is 12.9. The highest BCUT2D eigenvalue weighted by atomic mass is 32.1. The van der Waals surface area contributed by atoms with Gasteiger partial charge in [0.2, 0.25) is 4.77 Å². The molecule has 0 amide bonds. The number of carbonyl (C=O) groups excluding carboxylic acids is 1. The number of aromatic nitrogens is 4. The molecule has 178 valence electrons. The normalized spacial score (nSPS) is 11.1. The SMILES string of the molecule is COc1cc(/C=N\n2c(Cc3cccc4ccccc34)n[nH]c2=S)ccc1OC(=O)c1cccnc1. The number of carbonyl (C=O) groups is 1. The van der Waals surface area contributed by atoms with Crippen LogP contribution >= 0.6 is 12.2 Å². The zero-order valence-electron chi connectivity index (χ0n) is 19.3. The number of benzene rings is 3. The maximum Gasteiger partial charge on any atom is 0.345 e. The Labute approximate surface area is 211 Å². The Kier molecular flexibility index (Phi) is 6.63. The van der Waals surface area contributed by atoms with Crippen LogP contribution in [0.2, 0.25) is 0 Å². The third-order valence-electron chi connectivity index (χ3n) is 5.56. The van der Waals surface area contributed by atoms with Crippen molar-refractivity contribution in [3.05, 3.63) is 112 Å². The maximum absolute atomic E-state index is 12.4. The van der Waals surface area contributed by atoms with Crippen molar-refractivity contribution in [3.8, 4) is 11.5 Å². The Hall–Kier alpha value is -4.63. The van der Waals surface area contributed by atoms with E-state index < -0.39 is 5.97 Å². The largest absolute Gasteiger partial charge is 0.493 e. The van der Waals surface area contributed by atoms with Crippen LogP contribution in [-0.4, -0.2) is 39.2 Å². The topological polar surface area (TPSA) is 94.4 Å². The van der Waals surface area contributed by atoms with E-state index in [1.165, 1.54) is 13.3 Å². The van der Waals surface area contributed by atoms with Crippen LogP contribution in [-0.2, 0) is 6.42 Å². The Morgan fingerprint density at radius 1 is 1.08 bits per heavy atom. The number of rotatable bonds is 7. The van der Waals surface area contributed by atoms with Gasteiger partial charge < -0.3 is 9.47 Å². The summed E-state index contributed by atoms with van der Waals surface area (Å²) in [6, 6.07) is 22.8. The van der Waals surface area contributed by atoms with Crippen molar-refractivity contribution < 1.29 is 14.3 Å². The molecule has 0 aliphatic rings. The van der Waals surface area contributed by atoms with Crippen LogP contribution in [0.1, 0.15) is 27.3 Å². The first kappa shape index (κ1) is 23.1. The quantitative estimate of drug-likeness (QED) is 0.145. The van der Waals surface area contributed by atoms with Crippen molar-refractivity contribution in [1.29, 1.82) is 0 Å². The summed E-state index contributed by atoms with van der Waals surface area (Å²) >= 11 is 5.41. The molecule has 9 heteroatoms. The lowest BCUT2D eigenvalue weighted by Gasteiger charge is -2.10. The first-order chi connectivity index (χ1) is 17.6. The van der Waals surface area contributed by atoms with Crippen LogP contribution in [0.4, 0.5) is 0 Å². The average molecular weight is 496 g/mol. The molecule has 36 heavy (non-hydrogen) atoms. The zero-order valence-corrected chi connectivity index (χ0v) is 20.1. The number of pyridine rings is 1. The highest BCUT2D eigenvalue weighted by Crippen LogP contribution is 2.28. The van der Waals surface area contributed by atoms with E-state index in [4.69, 9.17) is 21.7 Å². The Balaban J connectivity index is 1.38. The number of fused-ring (bicyclic) bond motifs is 1. The van der Waals surface area contributed by atoms with Crippen LogP contribution in [0.15, 0.2) is 90.3 Å². The van der Waals surface area contributed by atoms with Crippen molar-refractivity contribution >= 4 is 35.2 Å². The molecule has 5 rings (SSSR count). The third-order valence-corrected chi connectivity index (χ3v) is 5.82. The standard InChI is InChI=1S/C27H21N5O3S/c1-34-24-14-18(11-12-23(24)35-26(33)21-9-5-13-28-17-21)16-29-32-25(30-31-27(32)36)15-20-8-4-7-19-6-2-3-10-22(19)20/h2-14,16-17H,15H2,1H3,(H,31,36)/b29-16-. The molecule has 0 saturated heterocycles. The molecule has 0 saturated carbocycles. The van der Waals surface area contributed by atoms with Gasteiger partial charge in [-0.2, -0.15) is 14.9 Å². The van der Waals surface area contributed by atoms with E-state index in [1.807, 2.05) is 18.2 Å². The van der Waals surface area contributed by atoms with Gasteiger partial charge in [0.25, 0.3) is 0 Å². The number of nitrogens with zero attached hydrogens (tertiary/aromatic N) is 4. The second kappa shape index (κ2) is 10.3. The predicted octanol–water partition coefficient (Wildman–Crippen LogP) is 5.19. The lowest BCUT2D eigenvalue weighted by Crippen LogP contribution is -2.09. The van der Waals surface area contributed by atoms with Gasteiger partial charge in [0.05, 0.1) is 18.9 Å². The Morgan fingerprint density at radius 2 is 1.94 bits per heavy atom. The van der Waals surface area contributed by atoms with Gasteiger partial charge >= 0.3 is 5.97 Å². The first-order valence-electron chi connectivity index (χ1n) is 11.1. The van der Waals surface area contributed by atoms with Gasteiger partial charge in [-0.05, 0) is 64.4 Å². The lowest BCUT2D eigenvalue weighted by molar-refractivity contribution is 0.0729. The van der Waals surface area contributed by atoms with Gasteiger partial charge in [-0.1, -0.05) is 42.5 Å². The minimum absolute atomic E-state index is 0.292. The fraction of sp³-hybridized carbons (Fsp3) is 0.0741. The monoisotopic (exact) mass is 495 g/mol. The molecule has 0 radical (unpaired) electrons. The molecule has 1 N–H and O–H groups in total. The van der Waals surface area contributed by atoms with Crippen molar-refractivity contribution in [2.75, 3.05) is 7.11 Å². The summed E-state index contributed by atoms with van der Waals surface area (Å²) in [5, 5.41) is 14.1. The van der Waals surface area contributed by atoms with Gasteiger partial charge in [-0.15, -0.1) is 0 Å². The van der Waals surface area contributed by atoms with Crippen LogP contribution in [0, 0.1) is 4.77 Å². The van der Waals surface area contributed by atoms with Crippen LogP contribution in [0.3, 0.4) is 0 Å². The van der Waals surface area contributed by atoms with Crippen molar-refractivity contribution in [2.45, 2.75) is 6.42 Å². The van der Waals surface area contributed by atoms with Crippen molar-refractivity contribution in [1.82, 2.24) is 19.9 Å². The molecule has 5 aromatic rings. The molecule has 3 aromatic carbocycles. The second-order valence-electron chi connectivity index (χ2n) is 7.86. The molecule has 2 heterocycles. The van der Waals surface area contributed by atoms with E-state index in [0.29, 0.717) is 34.1 Å². The predicted molar refractivity (Wildman–Crippen MR) is 139 cm³/mol. The first-order valence-corrected chi connectivity index (χ1v) is 11.5. The van der Waals surface area contributed by atoms with E-state index in [9.17, 15) is 4.79 Å². The smallest absolute Gasteiger partial charge is 0.345 e. The summed E-state index contributed by atoms with van der Waals surface area (Å²) in [4.78, 5) is 16.3. The number of hydrogen-bond acceptors (Lipinski definition) is 7. The number of esters is 1. The average Bonchev–Trinajstić information content (AvgIpc) is 3.27. The molecule has 0 aliphatic carbocycles. The Morgan fingerprint density at radius 3 is 2.78 bits per heavy atom. The van der Waals surface area contributed by atoms with Gasteiger partial charge in [-0.3, -0.25) is 10.1 Å². The van der Waals surface area contributed by atoms with Crippen LogP contribution in [0.5, 0.6) is 11.5 Å². The number of methoxy groups -OCH3 is 1. The molecule has 0 spiro atoms. The summed E-state index contributed by atoms with van der Waals surface area (Å²) in [5.41, 5.74) is 2.20. The van der Waals surface area contributed by atoms with Gasteiger partial charge in [0.1, 0.15) is 0 Å². The van der Waals surface area contributed by atoms with E-state index in [2.05, 4.69) is 44.5 Å². The maximum atomic E-state index is 12.4. The van der Waals surface area contributed by atoms with Gasteiger partial charge in [0, 0.05) is 18.8 Å². The minimum Gasteiger partial charge on any atom is -0.493 e. The van der Waals surface area contributed by atoms with Gasteiger partial charge in [0.15, 0.2) is 17.3 Å². The molecule has 8 nitrogen and oxygen atoms in total. The summed E-state index contributed by atoms with van der Waals surface area (Å²) in [6.45, 7) is 0. The van der Waals surface area contributed by atoms with E-state index in [1.54, 1.807) is 47.4 Å². The van der Waals surface area contributed by atoms with Crippen molar-refractivity contribution in [3.63, 3.8) is 0 Å². The molecular formula is C27H21N5O3S. The highest BCUT2D eigenvalue weighted by molar-refractivity contribution is 7.71. The summed E-state index contributed by atoms with van der Waals surface area (Å²) in [7, 11) is 1.51. The van der Waals surface area contributed by atoms with E-state index in [0.717, 1.165) is 21.9 Å². The Bertz CT molecular complexity index is 1620. The number of hydrogen-bond donors (Lipinski definition) is 1. The van der Waals surface area contributed by atoms with Crippen LogP contribution in [0.25, 0.3) is 10.8 Å². The fourth-order valence-corrected chi connectivity index (χ4v) is 3.99. The number of aromatic amines is 1. The van der Waals surface area contributed by atoms with Gasteiger partial charge in [-0.25, -0.2) is 4.79 Å². The molecular weight excluding hydrogens is 474 g/mol. The molecule has 2 aromatic heterocycles. The van der Waals surface area contributed by atoms with Crippen molar-refractivity contribution in [2.24, 2.45) is 5.10 Å². The molecule has 0 bridgehead atoms. The minimum atomic E-state index is -0.523. The van der Waals surface area contributed by atoms with Crippen LogP contribution < -0.4 is 9.47 Å². The zero-order chi connectivity index (χ0) is 24.9. The van der Waals surface area contributed by atoms with E-state index >= 15 is 0 Å². The summed E-state index contributed by atoms with van der Waals surface area (Å²) in [5.74, 6) is 0.843. The highest BCUT2D eigenvalue weighted by Gasteiger charge is 2.13. The number of H-pyrrole nitrogens is 1. The molecule has 0 unspecified atom stereocenters. The number of nitrogens with one attached hydrogen (secondary N) is 1. The molecule has 0 atom stereocenters. The fourth-order valence-electron chi connectivity index (χ4n) is 3.79. The second-order valence-corrected chi connectivity index (χ2v) is 8.24. The van der Waals surface area contributed by atoms with E-state index in [-0.39, 0.29) is 0 Å². The summed E-state index contributed by atoms with van der Waals surface area (Å²) in [6.07, 6.45) is 5.23. The molecule has 0 fully saturated rings.